The number of benzene rings is 1. The molecule has 0 fully saturated rings. The van der Waals surface area contributed by atoms with E-state index in [0.29, 0.717) is 6.04 Å². The molecule has 0 amide bonds. The van der Waals surface area contributed by atoms with Gasteiger partial charge in [0.25, 0.3) is 0 Å². The molecule has 0 aromatic heterocycles. The van der Waals surface area contributed by atoms with Crippen LogP contribution in [0.15, 0.2) is 18.2 Å². The molecule has 0 heterocycles. The molecule has 0 spiro atoms. The minimum atomic E-state index is 0.294. The molecule has 0 bridgehead atoms. The van der Waals surface area contributed by atoms with Gasteiger partial charge in [0.15, 0.2) is 0 Å². The quantitative estimate of drug-likeness (QED) is 0.686. The molecule has 19 heavy (non-hydrogen) atoms. The molecule has 0 aliphatic heterocycles. The highest BCUT2D eigenvalue weighted by atomic mass is 16.5. The van der Waals surface area contributed by atoms with Crippen LogP contribution in [0.4, 0.5) is 0 Å². The Morgan fingerprint density at radius 2 is 2.00 bits per heavy atom. The summed E-state index contributed by atoms with van der Waals surface area (Å²) in [4.78, 5) is 0. The summed E-state index contributed by atoms with van der Waals surface area (Å²) in [5.74, 6) is 1.78. The van der Waals surface area contributed by atoms with Crippen LogP contribution in [0.5, 0.6) is 11.5 Å². The van der Waals surface area contributed by atoms with Crippen molar-refractivity contribution < 1.29 is 9.47 Å². The monoisotopic (exact) mass is 265 g/mol. The van der Waals surface area contributed by atoms with E-state index in [1.807, 2.05) is 12.1 Å². The smallest absolute Gasteiger partial charge is 0.127 e. The first-order chi connectivity index (χ1) is 9.22. The zero-order valence-electron chi connectivity index (χ0n) is 12.7. The first-order valence-corrected chi connectivity index (χ1v) is 7.27. The second-order valence-corrected chi connectivity index (χ2v) is 4.78. The highest BCUT2D eigenvalue weighted by Gasteiger charge is 2.12. The Morgan fingerprint density at radius 3 is 2.63 bits per heavy atom. The standard InChI is InChI=1S/C16H27NO2/c1-5-7-11-19-16-12-14(18-4)8-9-15(16)13(3)17-10-6-2/h8-9,12-13,17H,5-7,10-11H2,1-4H3. The van der Waals surface area contributed by atoms with Gasteiger partial charge in [0.05, 0.1) is 13.7 Å². The van der Waals surface area contributed by atoms with Gasteiger partial charge in [-0.05, 0) is 32.4 Å². The summed E-state index contributed by atoms with van der Waals surface area (Å²) >= 11 is 0. The molecular weight excluding hydrogens is 238 g/mol. The molecule has 1 N–H and O–H groups in total. The molecule has 0 aliphatic rings. The molecular formula is C16H27NO2. The van der Waals surface area contributed by atoms with Crippen LogP contribution in [-0.2, 0) is 0 Å². The van der Waals surface area contributed by atoms with E-state index < -0.39 is 0 Å². The van der Waals surface area contributed by atoms with Gasteiger partial charge in [-0.1, -0.05) is 26.3 Å². The number of rotatable bonds is 9. The first-order valence-electron chi connectivity index (χ1n) is 7.27. The van der Waals surface area contributed by atoms with Crippen LogP contribution in [0.3, 0.4) is 0 Å². The van der Waals surface area contributed by atoms with Crippen molar-refractivity contribution >= 4 is 0 Å². The minimum Gasteiger partial charge on any atom is -0.497 e. The molecule has 1 unspecified atom stereocenters. The van der Waals surface area contributed by atoms with E-state index in [0.717, 1.165) is 43.9 Å². The third kappa shape index (κ3) is 5.11. The lowest BCUT2D eigenvalue weighted by atomic mass is 10.1. The van der Waals surface area contributed by atoms with Gasteiger partial charge >= 0.3 is 0 Å². The van der Waals surface area contributed by atoms with Crippen molar-refractivity contribution in [2.24, 2.45) is 0 Å². The SMILES string of the molecule is CCCCOc1cc(OC)ccc1C(C)NCCC. The summed E-state index contributed by atoms with van der Waals surface area (Å²) in [6.07, 6.45) is 3.35. The lowest BCUT2D eigenvalue weighted by molar-refractivity contribution is 0.300. The molecule has 108 valence electrons. The number of nitrogens with one attached hydrogen (secondary N) is 1. The normalized spacial score (nSPS) is 12.2. The summed E-state index contributed by atoms with van der Waals surface area (Å²) in [6.45, 7) is 8.29. The Morgan fingerprint density at radius 1 is 1.21 bits per heavy atom. The molecule has 0 radical (unpaired) electrons. The van der Waals surface area contributed by atoms with E-state index in [4.69, 9.17) is 9.47 Å². The predicted molar refractivity (Wildman–Crippen MR) is 80.1 cm³/mol. The van der Waals surface area contributed by atoms with Gasteiger partial charge in [0.2, 0.25) is 0 Å². The zero-order valence-corrected chi connectivity index (χ0v) is 12.7. The summed E-state index contributed by atoms with van der Waals surface area (Å²) < 4.78 is 11.2. The third-order valence-electron chi connectivity index (χ3n) is 3.14. The summed E-state index contributed by atoms with van der Waals surface area (Å²) in [6, 6.07) is 6.36. The Hall–Kier alpha value is -1.22. The molecule has 1 rings (SSSR count). The van der Waals surface area contributed by atoms with Crippen LogP contribution >= 0.6 is 0 Å². The second kappa shape index (κ2) is 8.81. The van der Waals surface area contributed by atoms with Crippen molar-refractivity contribution in [1.29, 1.82) is 0 Å². The average molecular weight is 265 g/mol. The number of methoxy groups -OCH3 is 1. The van der Waals surface area contributed by atoms with Crippen molar-refractivity contribution in [1.82, 2.24) is 5.32 Å². The van der Waals surface area contributed by atoms with Gasteiger partial charge in [-0.15, -0.1) is 0 Å². The van der Waals surface area contributed by atoms with E-state index in [1.165, 1.54) is 5.56 Å². The maximum atomic E-state index is 5.90. The molecule has 1 aromatic carbocycles. The van der Waals surface area contributed by atoms with Crippen molar-refractivity contribution in [3.05, 3.63) is 23.8 Å². The van der Waals surface area contributed by atoms with Crippen LogP contribution in [0, 0.1) is 0 Å². The number of hydrogen-bond acceptors (Lipinski definition) is 3. The Bertz CT molecular complexity index is 366. The van der Waals surface area contributed by atoms with Gasteiger partial charge in [-0.25, -0.2) is 0 Å². The molecule has 0 saturated carbocycles. The average Bonchev–Trinajstić information content (AvgIpc) is 2.44. The summed E-state index contributed by atoms with van der Waals surface area (Å²) in [5.41, 5.74) is 1.20. The first kappa shape index (κ1) is 15.8. The Balaban J connectivity index is 2.81. The largest absolute Gasteiger partial charge is 0.497 e. The van der Waals surface area contributed by atoms with Gasteiger partial charge in [-0.3, -0.25) is 0 Å². The minimum absolute atomic E-state index is 0.294. The van der Waals surface area contributed by atoms with E-state index in [-0.39, 0.29) is 0 Å². The van der Waals surface area contributed by atoms with Crippen molar-refractivity contribution in [3.63, 3.8) is 0 Å². The van der Waals surface area contributed by atoms with Crippen molar-refractivity contribution in [2.45, 2.75) is 46.1 Å². The van der Waals surface area contributed by atoms with E-state index in [1.54, 1.807) is 7.11 Å². The fourth-order valence-corrected chi connectivity index (χ4v) is 1.92. The van der Waals surface area contributed by atoms with E-state index >= 15 is 0 Å². The van der Waals surface area contributed by atoms with Crippen LogP contribution in [0.25, 0.3) is 0 Å². The zero-order chi connectivity index (χ0) is 14.1. The summed E-state index contributed by atoms with van der Waals surface area (Å²) in [5, 5.41) is 3.50. The molecule has 3 heteroatoms. The van der Waals surface area contributed by atoms with Crippen LogP contribution in [0.2, 0.25) is 0 Å². The number of hydrogen-bond donors (Lipinski definition) is 1. The van der Waals surface area contributed by atoms with Crippen LogP contribution in [-0.4, -0.2) is 20.3 Å². The van der Waals surface area contributed by atoms with Crippen molar-refractivity contribution in [2.75, 3.05) is 20.3 Å². The maximum Gasteiger partial charge on any atom is 0.127 e. The highest BCUT2D eigenvalue weighted by Crippen LogP contribution is 2.29. The third-order valence-corrected chi connectivity index (χ3v) is 3.14. The predicted octanol–water partition coefficient (Wildman–Crippen LogP) is 3.93. The lowest BCUT2D eigenvalue weighted by Gasteiger charge is -2.19. The van der Waals surface area contributed by atoms with Crippen molar-refractivity contribution in [3.8, 4) is 11.5 Å². The summed E-state index contributed by atoms with van der Waals surface area (Å²) in [7, 11) is 1.68. The molecule has 0 aliphatic carbocycles. The van der Waals surface area contributed by atoms with E-state index in [2.05, 4.69) is 32.2 Å². The highest BCUT2D eigenvalue weighted by molar-refractivity contribution is 5.42. The van der Waals surface area contributed by atoms with Gasteiger partial charge in [-0.2, -0.15) is 0 Å². The van der Waals surface area contributed by atoms with Gasteiger partial charge < -0.3 is 14.8 Å². The Kier molecular flexibility index (Phi) is 7.34. The van der Waals surface area contributed by atoms with E-state index in [9.17, 15) is 0 Å². The number of ether oxygens (including phenoxy) is 2. The molecule has 0 saturated heterocycles. The van der Waals surface area contributed by atoms with Gasteiger partial charge in [0.1, 0.15) is 11.5 Å². The maximum absolute atomic E-state index is 5.90. The molecule has 3 nitrogen and oxygen atoms in total. The van der Waals surface area contributed by atoms with Gasteiger partial charge in [0, 0.05) is 17.7 Å². The number of unbranched alkanes of at least 4 members (excludes halogenated alkanes) is 1. The Labute approximate surface area is 117 Å². The fourth-order valence-electron chi connectivity index (χ4n) is 1.92. The lowest BCUT2D eigenvalue weighted by Crippen LogP contribution is -2.20. The van der Waals surface area contributed by atoms with Crippen LogP contribution in [0.1, 0.15) is 51.6 Å². The second-order valence-electron chi connectivity index (χ2n) is 4.78. The fraction of sp³-hybridized carbons (Fsp3) is 0.625. The molecule has 1 atom stereocenters. The van der Waals surface area contributed by atoms with Crippen LogP contribution < -0.4 is 14.8 Å². The molecule has 1 aromatic rings. The topological polar surface area (TPSA) is 30.5 Å².